The van der Waals surface area contributed by atoms with Crippen molar-refractivity contribution in [1.29, 1.82) is 0 Å². The maximum atomic E-state index is 12.3. The Kier molecular flexibility index (Phi) is 12.8. The van der Waals surface area contributed by atoms with Gasteiger partial charge in [0, 0.05) is 59.5 Å². The zero-order valence-corrected chi connectivity index (χ0v) is 20.1. The van der Waals surface area contributed by atoms with E-state index in [-0.39, 0.29) is 6.09 Å². The number of guanidine groups is 1. The van der Waals surface area contributed by atoms with E-state index in [9.17, 15) is 4.79 Å². The normalized spacial score (nSPS) is 17.9. The molecule has 1 rings (SSSR count). The maximum Gasteiger partial charge on any atom is 0.410 e. The molecule has 0 aromatic rings. The number of likely N-dealkylation sites (N-methyl/N-ethyl adjacent to an activating group) is 1. The van der Waals surface area contributed by atoms with Crippen LogP contribution in [0, 0.1) is 5.92 Å². The molecule has 0 aromatic heterocycles. The van der Waals surface area contributed by atoms with Crippen LogP contribution in [-0.4, -0.2) is 94.0 Å². The average molecular weight is 428 g/mol. The number of amides is 1. The summed E-state index contributed by atoms with van der Waals surface area (Å²) in [6.45, 7) is 14.6. The van der Waals surface area contributed by atoms with Crippen molar-refractivity contribution in [3.8, 4) is 0 Å². The van der Waals surface area contributed by atoms with Crippen molar-refractivity contribution in [3.63, 3.8) is 0 Å². The van der Waals surface area contributed by atoms with Gasteiger partial charge in [0.2, 0.25) is 0 Å². The van der Waals surface area contributed by atoms with Gasteiger partial charge in [0.05, 0.1) is 0 Å². The third kappa shape index (κ3) is 12.2. The van der Waals surface area contributed by atoms with Crippen molar-refractivity contribution in [2.24, 2.45) is 10.9 Å². The molecule has 1 aliphatic heterocycles. The molecule has 0 radical (unpaired) electrons. The van der Waals surface area contributed by atoms with Crippen molar-refractivity contribution in [2.75, 3.05) is 66.6 Å². The first kappa shape index (κ1) is 26.5. The summed E-state index contributed by atoms with van der Waals surface area (Å²) in [4.78, 5) is 21.2. The first-order valence-electron chi connectivity index (χ1n) is 11.4. The Bertz CT molecular complexity index is 507. The quantitative estimate of drug-likeness (QED) is 0.300. The molecular weight excluding hydrogens is 382 g/mol. The van der Waals surface area contributed by atoms with Crippen molar-refractivity contribution in [2.45, 2.75) is 59.0 Å². The van der Waals surface area contributed by atoms with Gasteiger partial charge in [0.25, 0.3) is 0 Å². The maximum absolute atomic E-state index is 12.3. The number of piperidine rings is 1. The summed E-state index contributed by atoms with van der Waals surface area (Å²) in [5.74, 6) is 1.34. The van der Waals surface area contributed by atoms with Gasteiger partial charge in [-0.1, -0.05) is 0 Å². The fourth-order valence-electron chi connectivity index (χ4n) is 3.45. The van der Waals surface area contributed by atoms with Gasteiger partial charge >= 0.3 is 6.09 Å². The van der Waals surface area contributed by atoms with E-state index in [1.165, 1.54) is 0 Å². The fourth-order valence-corrected chi connectivity index (χ4v) is 3.45. The van der Waals surface area contributed by atoms with Gasteiger partial charge in [0.1, 0.15) is 5.60 Å². The molecule has 1 amide bonds. The van der Waals surface area contributed by atoms with Crippen LogP contribution < -0.4 is 10.6 Å². The smallest absolute Gasteiger partial charge is 0.410 e. The van der Waals surface area contributed by atoms with E-state index in [4.69, 9.17) is 14.5 Å². The van der Waals surface area contributed by atoms with Crippen LogP contribution in [0.1, 0.15) is 53.4 Å². The van der Waals surface area contributed by atoms with E-state index in [0.717, 1.165) is 84.1 Å². The number of hydrogen-bond acceptors (Lipinski definition) is 5. The predicted molar refractivity (Wildman–Crippen MR) is 123 cm³/mol. The van der Waals surface area contributed by atoms with Crippen molar-refractivity contribution >= 4 is 12.1 Å². The molecule has 30 heavy (non-hydrogen) atoms. The zero-order chi connectivity index (χ0) is 22.4. The monoisotopic (exact) mass is 427 g/mol. The second kappa shape index (κ2) is 14.5. The average Bonchev–Trinajstić information content (AvgIpc) is 2.67. The number of methoxy groups -OCH3 is 1. The summed E-state index contributed by atoms with van der Waals surface area (Å²) in [5, 5.41) is 6.73. The Morgan fingerprint density at radius 2 is 2.03 bits per heavy atom. The summed E-state index contributed by atoms with van der Waals surface area (Å²) >= 11 is 0. The predicted octanol–water partition coefficient (Wildman–Crippen LogP) is 2.55. The van der Waals surface area contributed by atoms with Gasteiger partial charge in [-0.25, -0.2) is 4.79 Å². The van der Waals surface area contributed by atoms with Gasteiger partial charge in [0.15, 0.2) is 5.96 Å². The topological polar surface area (TPSA) is 78.4 Å². The Morgan fingerprint density at radius 1 is 1.27 bits per heavy atom. The number of nitrogens with one attached hydrogen (secondary N) is 2. The number of hydrogen-bond donors (Lipinski definition) is 2. The van der Waals surface area contributed by atoms with Crippen molar-refractivity contribution in [3.05, 3.63) is 0 Å². The molecule has 1 atom stereocenters. The number of carbonyl (C=O) groups is 1. The van der Waals surface area contributed by atoms with Crippen molar-refractivity contribution in [1.82, 2.24) is 20.4 Å². The molecule has 8 nitrogen and oxygen atoms in total. The number of nitrogens with zero attached hydrogens (tertiary/aromatic N) is 3. The van der Waals surface area contributed by atoms with Gasteiger partial charge in [-0.05, 0) is 66.3 Å². The molecule has 0 spiro atoms. The Morgan fingerprint density at radius 3 is 2.70 bits per heavy atom. The molecule has 2 N–H and O–H groups in total. The third-order valence-electron chi connectivity index (χ3n) is 5.00. The summed E-state index contributed by atoms with van der Waals surface area (Å²) in [7, 11) is 3.87. The molecule has 1 aliphatic rings. The number of aliphatic imine (C=N–C) groups is 1. The van der Waals surface area contributed by atoms with E-state index in [0.29, 0.717) is 5.92 Å². The molecule has 1 fully saturated rings. The minimum absolute atomic E-state index is 0.194. The van der Waals surface area contributed by atoms with Gasteiger partial charge in [-0.3, -0.25) is 4.99 Å². The number of carbonyl (C=O) groups excluding carboxylic acids is 1. The van der Waals surface area contributed by atoms with Crippen molar-refractivity contribution < 1.29 is 14.3 Å². The van der Waals surface area contributed by atoms with Gasteiger partial charge < -0.3 is 29.9 Å². The van der Waals surface area contributed by atoms with Crippen LogP contribution in [0.4, 0.5) is 4.79 Å². The molecule has 1 saturated heterocycles. The van der Waals surface area contributed by atoms with E-state index < -0.39 is 5.60 Å². The molecule has 0 aromatic carbocycles. The first-order chi connectivity index (χ1) is 14.2. The summed E-state index contributed by atoms with van der Waals surface area (Å²) in [5.41, 5.74) is -0.446. The number of ether oxygens (including phenoxy) is 2. The highest BCUT2D eigenvalue weighted by Gasteiger charge is 2.27. The minimum Gasteiger partial charge on any atom is -0.444 e. The summed E-state index contributed by atoms with van der Waals surface area (Å²) in [6, 6.07) is 0. The Hall–Kier alpha value is -1.54. The zero-order valence-electron chi connectivity index (χ0n) is 20.1. The fraction of sp³-hybridized carbons (Fsp3) is 0.909. The number of rotatable bonds is 11. The van der Waals surface area contributed by atoms with E-state index in [1.807, 2.05) is 25.7 Å². The minimum atomic E-state index is -0.446. The third-order valence-corrected chi connectivity index (χ3v) is 5.00. The largest absolute Gasteiger partial charge is 0.444 e. The van der Waals surface area contributed by atoms with Crippen LogP contribution in [0.5, 0.6) is 0 Å². The SMILES string of the molecule is CCNC(=NCCC1CCCN(C(=O)OC(C)(C)C)C1)NCCN(C)CCCOC. The van der Waals surface area contributed by atoms with E-state index in [2.05, 4.69) is 29.5 Å². The molecule has 0 saturated carbocycles. The van der Waals surface area contributed by atoms with Crippen LogP contribution in [0.3, 0.4) is 0 Å². The lowest BCUT2D eigenvalue weighted by atomic mass is 9.95. The van der Waals surface area contributed by atoms with E-state index >= 15 is 0 Å². The van der Waals surface area contributed by atoms with Crippen LogP contribution in [-0.2, 0) is 9.47 Å². The molecule has 0 bridgehead atoms. The Balaban J connectivity index is 2.37. The lowest BCUT2D eigenvalue weighted by molar-refractivity contribution is 0.0163. The molecule has 176 valence electrons. The Labute approximate surface area is 183 Å². The molecule has 1 heterocycles. The van der Waals surface area contributed by atoms with Crippen LogP contribution >= 0.6 is 0 Å². The molecular formula is C22H45N5O3. The van der Waals surface area contributed by atoms with Gasteiger partial charge in [-0.15, -0.1) is 0 Å². The van der Waals surface area contributed by atoms with Crippen LogP contribution in [0.25, 0.3) is 0 Å². The highest BCUT2D eigenvalue weighted by atomic mass is 16.6. The second-order valence-electron chi connectivity index (χ2n) is 9.06. The van der Waals surface area contributed by atoms with Gasteiger partial charge in [-0.2, -0.15) is 0 Å². The summed E-state index contributed by atoms with van der Waals surface area (Å²) in [6.07, 6.45) is 4.00. The standard InChI is InChI=1S/C22H45N5O3/c1-7-23-20(25-13-16-26(5)14-9-17-29-6)24-12-11-19-10-8-15-27(18-19)21(28)30-22(2,3)4/h19H,7-18H2,1-6H3,(H2,23,24,25). The van der Waals surface area contributed by atoms with E-state index in [1.54, 1.807) is 7.11 Å². The highest BCUT2D eigenvalue weighted by Crippen LogP contribution is 2.21. The molecule has 0 aliphatic carbocycles. The lowest BCUT2D eigenvalue weighted by Crippen LogP contribution is -2.43. The second-order valence-corrected chi connectivity index (χ2v) is 9.06. The van der Waals surface area contributed by atoms with Crippen LogP contribution in [0.2, 0.25) is 0 Å². The first-order valence-corrected chi connectivity index (χ1v) is 11.4. The highest BCUT2D eigenvalue weighted by molar-refractivity contribution is 5.79. The summed E-state index contributed by atoms with van der Waals surface area (Å²) < 4.78 is 10.6. The van der Waals surface area contributed by atoms with Crippen LogP contribution in [0.15, 0.2) is 4.99 Å². The number of likely N-dealkylation sites (tertiary alicyclic amines) is 1. The molecule has 1 unspecified atom stereocenters. The molecule has 8 heteroatoms. The lowest BCUT2D eigenvalue weighted by Gasteiger charge is -2.34.